The average molecular weight is 358 g/mol. The molecule has 24 heavy (non-hydrogen) atoms. The monoisotopic (exact) mass is 357 g/mol. The van der Waals surface area contributed by atoms with Gasteiger partial charge < -0.3 is 10.4 Å². The Labute approximate surface area is 142 Å². The first-order valence-corrected chi connectivity index (χ1v) is 7.58. The van der Waals surface area contributed by atoms with Crippen LogP contribution in [0.15, 0.2) is 36.4 Å². The standard InChI is InChI=1S/C17H15ClF3NO2/c18-12-6-4-11(8-14(12)20)15(9-23)22-16(24)7-5-10-2-1-3-13(19)17(10)21/h1-4,6,8,15,23H,5,7,9H2,(H,22,24). The van der Waals surface area contributed by atoms with Gasteiger partial charge in [0.15, 0.2) is 11.6 Å². The highest BCUT2D eigenvalue weighted by molar-refractivity contribution is 6.30. The molecule has 0 aliphatic rings. The van der Waals surface area contributed by atoms with Crippen LogP contribution in [0.3, 0.4) is 0 Å². The normalized spacial score (nSPS) is 12.0. The lowest BCUT2D eigenvalue weighted by Gasteiger charge is -2.17. The van der Waals surface area contributed by atoms with E-state index in [4.69, 9.17) is 11.6 Å². The second kappa shape index (κ2) is 8.17. The summed E-state index contributed by atoms with van der Waals surface area (Å²) in [5.41, 5.74) is 0.438. The van der Waals surface area contributed by atoms with Gasteiger partial charge in [-0.3, -0.25) is 4.79 Å². The van der Waals surface area contributed by atoms with Gasteiger partial charge in [-0.1, -0.05) is 29.8 Å². The number of rotatable bonds is 6. The van der Waals surface area contributed by atoms with Gasteiger partial charge in [0.1, 0.15) is 5.82 Å². The van der Waals surface area contributed by atoms with E-state index < -0.39 is 36.0 Å². The Balaban J connectivity index is 1.99. The molecule has 3 nitrogen and oxygen atoms in total. The quantitative estimate of drug-likeness (QED) is 0.830. The number of benzene rings is 2. The Morgan fingerprint density at radius 1 is 1.17 bits per heavy atom. The summed E-state index contributed by atoms with van der Waals surface area (Å²) in [6.07, 6.45) is -0.102. The predicted octanol–water partition coefficient (Wildman–Crippen LogP) is 3.54. The van der Waals surface area contributed by atoms with Crippen LogP contribution in [-0.2, 0) is 11.2 Å². The highest BCUT2D eigenvalue weighted by Gasteiger charge is 2.16. The van der Waals surface area contributed by atoms with Crippen LogP contribution in [0, 0.1) is 17.5 Å². The number of aryl methyl sites for hydroxylation is 1. The van der Waals surface area contributed by atoms with Crippen molar-refractivity contribution in [2.75, 3.05) is 6.61 Å². The Morgan fingerprint density at radius 3 is 2.58 bits per heavy atom. The summed E-state index contributed by atoms with van der Waals surface area (Å²) in [4.78, 5) is 11.9. The summed E-state index contributed by atoms with van der Waals surface area (Å²) in [6.45, 7) is -0.443. The second-order valence-corrected chi connectivity index (χ2v) is 5.60. The molecule has 1 atom stereocenters. The van der Waals surface area contributed by atoms with Gasteiger partial charge in [-0.2, -0.15) is 0 Å². The van der Waals surface area contributed by atoms with Crippen LogP contribution in [0.25, 0.3) is 0 Å². The van der Waals surface area contributed by atoms with Gasteiger partial charge in [0.25, 0.3) is 0 Å². The largest absolute Gasteiger partial charge is 0.394 e. The summed E-state index contributed by atoms with van der Waals surface area (Å²) >= 11 is 5.59. The number of hydrogen-bond donors (Lipinski definition) is 2. The number of aliphatic hydroxyl groups excluding tert-OH is 1. The molecule has 7 heteroatoms. The number of carbonyl (C=O) groups is 1. The van der Waals surface area contributed by atoms with Crippen molar-refractivity contribution in [3.05, 3.63) is 70.0 Å². The fraction of sp³-hybridized carbons (Fsp3) is 0.235. The van der Waals surface area contributed by atoms with E-state index in [9.17, 15) is 23.1 Å². The van der Waals surface area contributed by atoms with Crippen molar-refractivity contribution in [1.29, 1.82) is 0 Å². The lowest BCUT2D eigenvalue weighted by Crippen LogP contribution is -2.31. The summed E-state index contributed by atoms with van der Waals surface area (Å²) in [7, 11) is 0. The number of carbonyl (C=O) groups excluding carboxylic acids is 1. The molecule has 0 spiro atoms. The van der Waals surface area contributed by atoms with E-state index in [1.165, 1.54) is 24.3 Å². The maximum atomic E-state index is 13.5. The first-order chi connectivity index (χ1) is 11.4. The van der Waals surface area contributed by atoms with Crippen molar-refractivity contribution < 1.29 is 23.1 Å². The van der Waals surface area contributed by atoms with E-state index >= 15 is 0 Å². The van der Waals surface area contributed by atoms with Gasteiger partial charge >= 0.3 is 0 Å². The molecule has 2 aromatic carbocycles. The molecule has 1 unspecified atom stereocenters. The fourth-order valence-electron chi connectivity index (χ4n) is 2.22. The number of halogens is 4. The van der Waals surface area contributed by atoms with Crippen LogP contribution in [0.4, 0.5) is 13.2 Å². The molecule has 0 aromatic heterocycles. The van der Waals surface area contributed by atoms with E-state index in [2.05, 4.69) is 5.32 Å². The van der Waals surface area contributed by atoms with Gasteiger partial charge in [0.05, 0.1) is 17.7 Å². The van der Waals surface area contributed by atoms with Crippen molar-refractivity contribution in [1.82, 2.24) is 5.32 Å². The maximum Gasteiger partial charge on any atom is 0.220 e. The molecule has 0 bridgehead atoms. The molecule has 1 amide bonds. The molecule has 0 radical (unpaired) electrons. The molecule has 0 fully saturated rings. The van der Waals surface area contributed by atoms with Crippen LogP contribution in [-0.4, -0.2) is 17.6 Å². The van der Waals surface area contributed by atoms with Gasteiger partial charge in [0.2, 0.25) is 5.91 Å². The van der Waals surface area contributed by atoms with Crippen molar-refractivity contribution in [3.63, 3.8) is 0 Å². The third-order valence-corrected chi connectivity index (χ3v) is 3.82. The van der Waals surface area contributed by atoms with E-state index in [1.54, 1.807) is 0 Å². The van der Waals surface area contributed by atoms with Gasteiger partial charge in [0, 0.05) is 6.42 Å². The molecule has 2 aromatic rings. The minimum absolute atomic E-state index is 0.00253. The van der Waals surface area contributed by atoms with E-state index in [-0.39, 0.29) is 23.4 Å². The van der Waals surface area contributed by atoms with Crippen molar-refractivity contribution in [2.24, 2.45) is 0 Å². The summed E-state index contributed by atoms with van der Waals surface area (Å²) < 4.78 is 40.1. The van der Waals surface area contributed by atoms with Gasteiger partial charge in [-0.05, 0) is 35.7 Å². The molecule has 0 saturated carbocycles. The zero-order valence-corrected chi connectivity index (χ0v) is 13.3. The zero-order chi connectivity index (χ0) is 17.7. The summed E-state index contributed by atoms with van der Waals surface area (Å²) in [5.74, 6) is -3.10. The third-order valence-electron chi connectivity index (χ3n) is 3.52. The summed E-state index contributed by atoms with van der Waals surface area (Å²) in [5, 5.41) is 11.8. The molecule has 0 saturated heterocycles. The molecule has 0 heterocycles. The zero-order valence-electron chi connectivity index (χ0n) is 12.5. The van der Waals surface area contributed by atoms with Gasteiger partial charge in [-0.25, -0.2) is 13.2 Å². The van der Waals surface area contributed by atoms with E-state index in [0.717, 1.165) is 12.1 Å². The molecule has 2 rings (SSSR count). The van der Waals surface area contributed by atoms with Crippen LogP contribution in [0.2, 0.25) is 5.02 Å². The lowest BCUT2D eigenvalue weighted by molar-refractivity contribution is -0.122. The van der Waals surface area contributed by atoms with Gasteiger partial charge in [-0.15, -0.1) is 0 Å². The van der Waals surface area contributed by atoms with Crippen molar-refractivity contribution in [3.8, 4) is 0 Å². The van der Waals surface area contributed by atoms with Crippen LogP contribution < -0.4 is 5.32 Å². The smallest absolute Gasteiger partial charge is 0.220 e. The lowest BCUT2D eigenvalue weighted by atomic mass is 10.1. The Hall–Kier alpha value is -2.05. The average Bonchev–Trinajstić information content (AvgIpc) is 2.56. The second-order valence-electron chi connectivity index (χ2n) is 5.19. The topological polar surface area (TPSA) is 49.3 Å². The van der Waals surface area contributed by atoms with Crippen LogP contribution in [0.5, 0.6) is 0 Å². The first-order valence-electron chi connectivity index (χ1n) is 7.20. The minimum atomic E-state index is -0.983. The molecular formula is C17H15ClF3NO2. The molecule has 0 aliphatic heterocycles. The van der Waals surface area contributed by atoms with E-state index in [1.807, 2.05) is 0 Å². The molecule has 2 N–H and O–H groups in total. The maximum absolute atomic E-state index is 13.5. The first kappa shape index (κ1) is 18.3. The van der Waals surface area contributed by atoms with E-state index in [0.29, 0.717) is 5.56 Å². The van der Waals surface area contributed by atoms with Crippen LogP contribution in [0.1, 0.15) is 23.6 Å². The number of aliphatic hydroxyl groups is 1. The van der Waals surface area contributed by atoms with Crippen LogP contribution >= 0.6 is 11.6 Å². The number of hydrogen-bond acceptors (Lipinski definition) is 2. The fourth-order valence-corrected chi connectivity index (χ4v) is 2.34. The summed E-state index contributed by atoms with van der Waals surface area (Å²) in [6, 6.07) is 6.86. The highest BCUT2D eigenvalue weighted by Crippen LogP contribution is 2.20. The number of nitrogens with one attached hydrogen (secondary N) is 1. The molecule has 0 aliphatic carbocycles. The minimum Gasteiger partial charge on any atom is -0.394 e. The SMILES string of the molecule is O=C(CCc1cccc(F)c1F)NC(CO)c1ccc(Cl)c(F)c1. The molecule has 128 valence electrons. The number of amides is 1. The predicted molar refractivity (Wildman–Crippen MR) is 84.1 cm³/mol. The Morgan fingerprint density at radius 2 is 1.92 bits per heavy atom. The third kappa shape index (κ3) is 4.49. The molecular weight excluding hydrogens is 343 g/mol. The Bertz CT molecular complexity index is 740. The Kier molecular flexibility index (Phi) is 6.23. The van der Waals surface area contributed by atoms with Crippen molar-refractivity contribution in [2.45, 2.75) is 18.9 Å². The van der Waals surface area contributed by atoms with Crippen molar-refractivity contribution >= 4 is 17.5 Å². The highest BCUT2D eigenvalue weighted by atomic mass is 35.5.